The number of ether oxygens (including phenoxy) is 1. The van der Waals surface area contributed by atoms with E-state index in [0.717, 1.165) is 5.56 Å². The number of likely N-dealkylation sites (tertiary alicyclic amines) is 1. The van der Waals surface area contributed by atoms with E-state index in [9.17, 15) is 24.8 Å². The number of carbonyl (C=O) groups excluding carboxylic acids is 2. The zero-order valence-electron chi connectivity index (χ0n) is 18.1. The van der Waals surface area contributed by atoms with E-state index >= 15 is 0 Å². The molecule has 2 aromatic carbocycles. The van der Waals surface area contributed by atoms with Gasteiger partial charge in [-0.15, -0.1) is 0 Å². The van der Waals surface area contributed by atoms with Gasteiger partial charge in [0.25, 0.3) is 17.4 Å². The lowest BCUT2D eigenvalue weighted by atomic mass is 9.94. The molecule has 2 unspecified atom stereocenters. The van der Waals surface area contributed by atoms with Crippen LogP contribution in [0.2, 0.25) is 0 Å². The Morgan fingerprint density at radius 1 is 1.18 bits per heavy atom. The summed E-state index contributed by atoms with van der Waals surface area (Å²) < 4.78 is 11.1. The molecule has 5 rings (SSSR count). The van der Waals surface area contributed by atoms with Crippen LogP contribution in [0.25, 0.3) is 5.76 Å². The molecule has 0 bridgehead atoms. The minimum atomic E-state index is -0.950. The van der Waals surface area contributed by atoms with Crippen molar-refractivity contribution in [3.8, 4) is 5.75 Å². The minimum absolute atomic E-state index is 0.00591. The van der Waals surface area contributed by atoms with E-state index < -0.39 is 22.7 Å². The molecule has 2 atom stereocenters. The third kappa shape index (κ3) is 3.61. The Morgan fingerprint density at radius 3 is 2.62 bits per heavy atom. The molecule has 172 valence electrons. The molecular weight excluding hydrogens is 440 g/mol. The van der Waals surface area contributed by atoms with Crippen LogP contribution in [0.1, 0.15) is 35.4 Å². The molecule has 3 heterocycles. The number of nitrogens with zero attached hydrogens (tertiary/aromatic N) is 2. The van der Waals surface area contributed by atoms with Crippen LogP contribution in [0.3, 0.4) is 0 Å². The van der Waals surface area contributed by atoms with Gasteiger partial charge in [-0.2, -0.15) is 0 Å². The molecule has 0 saturated carbocycles. The molecule has 0 spiro atoms. The fourth-order valence-electron chi connectivity index (χ4n) is 4.46. The number of hydrogen-bond donors (Lipinski definition) is 1. The first-order valence-corrected chi connectivity index (χ1v) is 10.7. The van der Waals surface area contributed by atoms with Crippen molar-refractivity contribution in [1.82, 2.24) is 4.90 Å². The molecule has 0 radical (unpaired) electrons. The molecule has 1 fully saturated rings. The Kier molecular flexibility index (Phi) is 5.16. The molecule has 2 aliphatic rings. The van der Waals surface area contributed by atoms with Crippen LogP contribution >= 0.6 is 0 Å². The summed E-state index contributed by atoms with van der Waals surface area (Å²) in [6.07, 6.45) is 2.13. The molecular formula is C25H20N2O7. The molecule has 1 aromatic heterocycles. The van der Waals surface area contributed by atoms with E-state index in [4.69, 9.17) is 9.15 Å². The summed E-state index contributed by atoms with van der Waals surface area (Å²) in [6, 6.07) is 13.1. The largest absolute Gasteiger partial charge is 0.507 e. The van der Waals surface area contributed by atoms with Crippen LogP contribution in [0, 0.1) is 10.1 Å². The number of nitro groups is 1. The summed E-state index contributed by atoms with van der Waals surface area (Å²) in [6.45, 7) is 1.93. The van der Waals surface area contributed by atoms with Gasteiger partial charge >= 0.3 is 0 Å². The standard InChI is InChI=1S/C25H20N2O7/c1-14-11-17-12-16(6-9-20(17)34-14)23(28)21-22(15-4-7-18(8-5-15)27(31)32)26(25(30)24(21)29)13-19-3-2-10-33-19/h2-10,12,14,22,28H,11,13H2,1H3. The summed E-state index contributed by atoms with van der Waals surface area (Å²) in [7, 11) is 0. The van der Waals surface area contributed by atoms with Crippen LogP contribution in [-0.2, 0) is 22.6 Å². The third-order valence-electron chi connectivity index (χ3n) is 6.04. The summed E-state index contributed by atoms with van der Waals surface area (Å²) in [4.78, 5) is 38.0. The first kappa shape index (κ1) is 21.4. The van der Waals surface area contributed by atoms with Crippen LogP contribution in [0.5, 0.6) is 5.75 Å². The average Bonchev–Trinajstić information content (AvgIpc) is 3.53. The maximum atomic E-state index is 13.1. The van der Waals surface area contributed by atoms with Crippen LogP contribution in [-0.4, -0.2) is 32.7 Å². The second-order valence-corrected chi connectivity index (χ2v) is 8.31. The number of rotatable bonds is 5. The SMILES string of the molecule is CC1Cc2cc(C(O)=C3C(=O)C(=O)N(Cc4ccco4)C3c3ccc([N+](=O)[O-])cc3)ccc2O1. The van der Waals surface area contributed by atoms with Crippen molar-refractivity contribution < 1.29 is 28.8 Å². The Balaban J connectivity index is 1.63. The molecule has 2 aliphatic heterocycles. The molecule has 1 amide bonds. The highest BCUT2D eigenvalue weighted by molar-refractivity contribution is 6.46. The van der Waals surface area contributed by atoms with Gasteiger partial charge in [0, 0.05) is 24.1 Å². The third-order valence-corrected chi connectivity index (χ3v) is 6.04. The van der Waals surface area contributed by atoms with E-state index in [1.54, 1.807) is 30.3 Å². The summed E-state index contributed by atoms with van der Waals surface area (Å²) in [5.41, 5.74) is 1.53. The van der Waals surface area contributed by atoms with Gasteiger partial charge in [0.05, 0.1) is 29.3 Å². The second-order valence-electron chi connectivity index (χ2n) is 8.31. The number of ketones is 1. The highest BCUT2D eigenvalue weighted by Crippen LogP contribution is 2.41. The van der Waals surface area contributed by atoms with Crippen molar-refractivity contribution in [2.45, 2.75) is 32.0 Å². The smallest absolute Gasteiger partial charge is 0.296 e. The van der Waals surface area contributed by atoms with E-state index in [1.165, 1.54) is 35.4 Å². The fourth-order valence-corrected chi connectivity index (χ4v) is 4.46. The van der Waals surface area contributed by atoms with Crippen molar-refractivity contribution in [3.05, 3.63) is 99.0 Å². The second kappa shape index (κ2) is 8.18. The topological polar surface area (TPSA) is 123 Å². The number of non-ortho nitro benzene ring substituents is 1. The van der Waals surface area contributed by atoms with Gasteiger partial charge in [-0.3, -0.25) is 19.7 Å². The van der Waals surface area contributed by atoms with E-state index in [1.807, 2.05) is 6.92 Å². The molecule has 9 heteroatoms. The van der Waals surface area contributed by atoms with Crippen molar-refractivity contribution in [2.75, 3.05) is 0 Å². The predicted octanol–water partition coefficient (Wildman–Crippen LogP) is 4.13. The van der Waals surface area contributed by atoms with Gasteiger partial charge in [-0.25, -0.2) is 0 Å². The number of furan rings is 1. The van der Waals surface area contributed by atoms with Crippen LogP contribution < -0.4 is 4.74 Å². The van der Waals surface area contributed by atoms with E-state index in [2.05, 4.69) is 0 Å². The summed E-state index contributed by atoms with van der Waals surface area (Å²) in [5, 5.41) is 22.3. The highest BCUT2D eigenvalue weighted by atomic mass is 16.6. The van der Waals surface area contributed by atoms with Crippen LogP contribution in [0.15, 0.2) is 70.9 Å². The van der Waals surface area contributed by atoms with Crippen LogP contribution in [0.4, 0.5) is 5.69 Å². The number of hydrogen-bond acceptors (Lipinski definition) is 7. The fraction of sp³-hybridized carbons (Fsp3) is 0.200. The van der Waals surface area contributed by atoms with Gasteiger partial charge in [-0.05, 0) is 60.5 Å². The lowest BCUT2D eigenvalue weighted by Gasteiger charge is -2.24. The lowest BCUT2D eigenvalue weighted by Crippen LogP contribution is -2.29. The Bertz CT molecular complexity index is 1330. The molecule has 9 nitrogen and oxygen atoms in total. The maximum Gasteiger partial charge on any atom is 0.296 e. The number of Topliss-reactive ketones (excluding diaryl/α,β-unsaturated/α-hetero) is 1. The monoisotopic (exact) mass is 460 g/mol. The quantitative estimate of drug-likeness (QED) is 0.200. The molecule has 34 heavy (non-hydrogen) atoms. The Labute approximate surface area is 194 Å². The minimum Gasteiger partial charge on any atom is -0.507 e. The van der Waals surface area contributed by atoms with Gasteiger partial charge in [0.15, 0.2) is 0 Å². The van der Waals surface area contributed by atoms with E-state index in [-0.39, 0.29) is 29.7 Å². The van der Waals surface area contributed by atoms with Crippen molar-refractivity contribution in [2.24, 2.45) is 0 Å². The Hall–Kier alpha value is -4.40. The summed E-state index contributed by atoms with van der Waals surface area (Å²) in [5.74, 6) is -0.769. The average molecular weight is 460 g/mol. The number of amides is 1. The lowest BCUT2D eigenvalue weighted by molar-refractivity contribution is -0.384. The van der Waals surface area contributed by atoms with Crippen molar-refractivity contribution in [3.63, 3.8) is 0 Å². The van der Waals surface area contributed by atoms with Gasteiger partial charge in [-0.1, -0.05) is 0 Å². The van der Waals surface area contributed by atoms with Crippen molar-refractivity contribution in [1.29, 1.82) is 0 Å². The normalized spacial score (nSPS) is 20.9. The number of carbonyl (C=O) groups is 2. The van der Waals surface area contributed by atoms with Gasteiger partial charge in [0.2, 0.25) is 0 Å². The van der Waals surface area contributed by atoms with Gasteiger partial charge < -0.3 is 19.2 Å². The van der Waals surface area contributed by atoms with Crippen molar-refractivity contribution >= 4 is 23.1 Å². The van der Waals surface area contributed by atoms with Gasteiger partial charge in [0.1, 0.15) is 23.4 Å². The number of fused-ring (bicyclic) bond motifs is 1. The molecule has 3 aromatic rings. The maximum absolute atomic E-state index is 13.1. The first-order valence-electron chi connectivity index (χ1n) is 10.7. The number of aliphatic hydroxyl groups excluding tert-OH is 1. The molecule has 0 aliphatic carbocycles. The highest BCUT2D eigenvalue weighted by Gasteiger charge is 2.46. The zero-order chi connectivity index (χ0) is 24.0. The predicted molar refractivity (Wildman–Crippen MR) is 120 cm³/mol. The zero-order valence-corrected chi connectivity index (χ0v) is 18.1. The number of benzene rings is 2. The molecule has 1 N–H and O–H groups in total. The Morgan fingerprint density at radius 2 is 1.94 bits per heavy atom. The molecule has 1 saturated heterocycles. The number of aliphatic hydroxyl groups is 1. The first-order chi connectivity index (χ1) is 16.3. The van der Waals surface area contributed by atoms with E-state index in [0.29, 0.717) is 29.1 Å². The summed E-state index contributed by atoms with van der Waals surface area (Å²) >= 11 is 0. The number of nitro benzene ring substituents is 1.